The number of sulfone groups is 1. The van der Waals surface area contributed by atoms with Crippen molar-refractivity contribution in [3.63, 3.8) is 0 Å². The van der Waals surface area contributed by atoms with Crippen LogP contribution in [0.25, 0.3) is 0 Å². The van der Waals surface area contributed by atoms with Crippen molar-refractivity contribution in [3.8, 4) is 0 Å². The average Bonchev–Trinajstić information content (AvgIpc) is 2.18. The lowest BCUT2D eigenvalue weighted by molar-refractivity contribution is 0.534. The maximum absolute atomic E-state index is 12.4. The minimum Gasteiger partial charge on any atom is -0.228 e. The van der Waals surface area contributed by atoms with Gasteiger partial charge in [-0.3, -0.25) is 0 Å². The fourth-order valence-electron chi connectivity index (χ4n) is 0.681. The van der Waals surface area contributed by atoms with Gasteiger partial charge in [0, 0.05) is 12.0 Å². The second-order valence-corrected chi connectivity index (χ2v) is 4.96. The van der Waals surface area contributed by atoms with Crippen LogP contribution >= 0.6 is 0 Å². The summed E-state index contributed by atoms with van der Waals surface area (Å²) in [6.45, 7) is 1.53. The maximum atomic E-state index is 12.4. The first-order valence-electron chi connectivity index (χ1n) is 4.11. The molecule has 0 amide bonds. The number of aromatic nitrogens is 3. The van der Waals surface area contributed by atoms with Crippen LogP contribution in [-0.2, 0) is 9.84 Å². The normalized spacial score (nSPS) is 12.1. The molecule has 15 heavy (non-hydrogen) atoms. The van der Waals surface area contributed by atoms with Gasteiger partial charge in [0.25, 0.3) is 5.95 Å². The number of rotatable bonds is 4. The molecule has 0 bridgehead atoms. The van der Waals surface area contributed by atoms with E-state index < -0.39 is 15.9 Å². The number of aliphatic imine (C=N–C) groups is 1. The highest BCUT2D eigenvalue weighted by Gasteiger charge is 2.04. The molecule has 6 nitrogen and oxygen atoms in total. The molecule has 0 spiro atoms. The van der Waals surface area contributed by atoms with Gasteiger partial charge in [-0.1, -0.05) is 6.92 Å². The highest BCUT2D eigenvalue weighted by Crippen LogP contribution is 1.99. The second-order valence-electron chi connectivity index (χ2n) is 2.57. The van der Waals surface area contributed by atoms with E-state index in [1.54, 1.807) is 0 Å². The quantitative estimate of drug-likeness (QED) is 0.690. The highest BCUT2D eigenvalue weighted by molar-refractivity contribution is 7.91. The van der Waals surface area contributed by atoms with Gasteiger partial charge in [-0.25, -0.2) is 13.4 Å². The molecule has 82 valence electrons. The summed E-state index contributed by atoms with van der Waals surface area (Å²) in [5.41, 5.74) is 0. The molecule has 0 aromatic carbocycles. The third-order valence-corrected chi connectivity index (χ3v) is 3.04. The summed E-state index contributed by atoms with van der Waals surface area (Å²) in [6.07, 6.45) is 1.15. The molecular formula is C7H9FN4O2S. The van der Waals surface area contributed by atoms with Crippen LogP contribution in [0.1, 0.15) is 6.92 Å². The number of hydrogen-bond acceptors (Lipinski definition) is 6. The molecule has 8 heteroatoms. The molecule has 0 aliphatic heterocycles. The van der Waals surface area contributed by atoms with Crippen molar-refractivity contribution in [1.29, 1.82) is 0 Å². The van der Waals surface area contributed by atoms with E-state index in [2.05, 4.69) is 19.9 Å². The van der Waals surface area contributed by atoms with Gasteiger partial charge in [-0.05, 0) is 0 Å². The van der Waals surface area contributed by atoms with Gasteiger partial charge in [0.2, 0.25) is 0 Å². The van der Waals surface area contributed by atoms with E-state index in [-0.39, 0.29) is 17.5 Å². The van der Waals surface area contributed by atoms with Crippen LogP contribution in [0.3, 0.4) is 0 Å². The Balaban J connectivity index is 2.67. The largest absolute Gasteiger partial charge is 0.313 e. The average molecular weight is 232 g/mol. The fourth-order valence-corrected chi connectivity index (χ4v) is 1.22. The second kappa shape index (κ2) is 4.87. The van der Waals surface area contributed by atoms with Crippen molar-refractivity contribution >= 4 is 22.0 Å². The van der Waals surface area contributed by atoms with Crippen molar-refractivity contribution in [3.05, 3.63) is 12.4 Å². The van der Waals surface area contributed by atoms with E-state index in [0.717, 1.165) is 12.5 Å². The Bertz CT molecular complexity index is 460. The van der Waals surface area contributed by atoms with E-state index in [9.17, 15) is 12.8 Å². The molecule has 1 aromatic rings. The van der Waals surface area contributed by atoms with Gasteiger partial charge in [-0.2, -0.15) is 19.3 Å². The van der Waals surface area contributed by atoms with Gasteiger partial charge < -0.3 is 0 Å². The summed E-state index contributed by atoms with van der Waals surface area (Å²) in [6, 6.07) is 0. The van der Waals surface area contributed by atoms with Gasteiger partial charge >= 0.3 is 6.08 Å². The maximum Gasteiger partial charge on any atom is 0.313 e. The summed E-state index contributed by atoms with van der Waals surface area (Å²) < 4.78 is 34.5. The van der Waals surface area contributed by atoms with Crippen LogP contribution in [0.2, 0.25) is 0 Å². The van der Waals surface area contributed by atoms with Gasteiger partial charge in [0.15, 0.2) is 9.84 Å². The topological polar surface area (TPSA) is 85.2 Å². The standard InChI is InChI=1S/C7H9FN4O2S/c1-2-15(13,14)4-3-9-7-11-5-10-6(8)12-7/h3,5H,2,4H2,1H3. The Kier molecular flexibility index (Phi) is 3.78. The van der Waals surface area contributed by atoms with E-state index >= 15 is 0 Å². The fraction of sp³-hybridized carbons (Fsp3) is 0.429. The van der Waals surface area contributed by atoms with Crippen molar-refractivity contribution in [2.75, 3.05) is 11.5 Å². The lowest BCUT2D eigenvalue weighted by Gasteiger charge is -1.93. The lowest BCUT2D eigenvalue weighted by atomic mass is 10.8. The molecule has 1 aromatic heterocycles. The Hall–Kier alpha value is -1.44. The lowest BCUT2D eigenvalue weighted by Crippen LogP contribution is -2.09. The zero-order valence-electron chi connectivity index (χ0n) is 7.96. The van der Waals surface area contributed by atoms with Crippen LogP contribution in [0.5, 0.6) is 0 Å². The van der Waals surface area contributed by atoms with Crippen LogP contribution in [0, 0.1) is 6.08 Å². The highest BCUT2D eigenvalue weighted by atomic mass is 32.2. The number of hydrogen-bond donors (Lipinski definition) is 0. The molecule has 0 aliphatic rings. The molecule has 0 saturated heterocycles. The first-order chi connectivity index (χ1) is 7.03. The van der Waals surface area contributed by atoms with Gasteiger partial charge in [0.1, 0.15) is 6.33 Å². The summed E-state index contributed by atoms with van der Waals surface area (Å²) in [5.74, 6) is -0.324. The van der Waals surface area contributed by atoms with Crippen molar-refractivity contribution < 1.29 is 12.8 Å². The molecular weight excluding hydrogens is 223 g/mol. The smallest absolute Gasteiger partial charge is 0.228 e. The minimum atomic E-state index is -3.11. The molecule has 1 rings (SSSR count). The van der Waals surface area contributed by atoms with Crippen LogP contribution in [0.15, 0.2) is 11.3 Å². The van der Waals surface area contributed by atoms with Crippen LogP contribution in [0.4, 0.5) is 10.3 Å². The van der Waals surface area contributed by atoms with Crippen molar-refractivity contribution in [1.82, 2.24) is 15.0 Å². The summed E-state index contributed by atoms with van der Waals surface area (Å²) in [4.78, 5) is 13.5. The predicted octanol–water partition coefficient (Wildman–Crippen LogP) is 0.148. The third-order valence-electron chi connectivity index (χ3n) is 1.50. The Labute approximate surface area is 86.2 Å². The number of nitrogens with zero attached hydrogens (tertiary/aromatic N) is 4. The van der Waals surface area contributed by atoms with E-state index in [1.807, 2.05) is 0 Å². The first-order valence-corrected chi connectivity index (χ1v) is 5.93. The van der Waals surface area contributed by atoms with Crippen molar-refractivity contribution in [2.45, 2.75) is 6.92 Å². The van der Waals surface area contributed by atoms with E-state index in [0.29, 0.717) is 0 Å². The van der Waals surface area contributed by atoms with Gasteiger partial charge in [-0.15, -0.1) is 0 Å². The molecule has 0 aliphatic carbocycles. The Morgan fingerprint density at radius 3 is 2.87 bits per heavy atom. The Morgan fingerprint density at radius 1 is 1.53 bits per heavy atom. The monoisotopic (exact) mass is 232 g/mol. The van der Waals surface area contributed by atoms with Crippen LogP contribution in [-0.4, -0.2) is 41.1 Å². The first kappa shape index (κ1) is 11.6. The summed E-state index contributed by atoms with van der Waals surface area (Å²) in [5, 5.41) is 0. The number of halogens is 1. The Morgan fingerprint density at radius 2 is 2.27 bits per heavy atom. The van der Waals surface area contributed by atoms with E-state index in [1.165, 1.54) is 6.92 Å². The third kappa shape index (κ3) is 4.07. The molecule has 0 unspecified atom stereocenters. The zero-order chi connectivity index (χ0) is 11.3. The van der Waals surface area contributed by atoms with Gasteiger partial charge in [0.05, 0.1) is 5.75 Å². The molecule has 0 N–H and O–H groups in total. The van der Waals surface area contributed by atoms with Crippen molar-refractivity contribution in [2.24, 2.45) is 4.99 Å². The summed E-state index contributed by atoms with van der Waals surface area (Å²) >= 11 is 0. The molecule has 1 heterocycles. The molecule has 0 atom stereocenters. The SMILES string of the molecule is CCS(=O)(=O)CC=Nc1ncnc(F)n1. The zero-order valence-corrected chi connectivity index (χ0v) is 8.78. The summed E-state index contributed by atoms with van der Waals surface area (Å²) in [7, 11) is -3.11. The molecule has 0 fully saturated rings. The minimum absolute atomic E-state index is 0.0323. The predicted molar refractivity (Wildman–Crippen MR) is 52.3 cm³/mol. The van der Waals surface area contributed by atoms with Crippen LogP contribution < -0.4 is 0 Å². The van der Waals surface area contributed by atoms with E-state index in [4.69, 9.17) is 0 Å². The molecule has 0 saturated carbocycles. The molecule has 0 radical (unpaired) electrons.